The van der Waals surface area contributed by atoms with Gasteiger partial charge in [-0.25, -0.2) is 0 Å². The van der Waals surface area contributed by atoms with Crippen LogP contribution in [0.2, 0.25) is 0 Å². The van der Waals surface area contributed by atoms with Gasteiger partial charge in [-0.1, -0.05) is 41.9 Å². The lowest BCUT2D eigenvalue weighted by Gasteiger charge is -2.08. The van der Waals surface area contributed by atoms with Crippen LogP contribution >= 0.6 is 15.9 Å². The van der Waals surface area contributed by atoms with Crippen molar-refractivity contribution in [1.82, 2.24) is 15.0 Å². The Labute approximate surface area is 142 Å². The molecular formula is C15H16BrN5O2. The SMILES string of the molecule is CCC(=O)Nc1nc(NC(=O)CC)nc(-c2ccc(Br)cc2)n1. The number of nitrogens with zero attached hydrogens (tertiary/aromatic N) is 3. The largest absolute Gasteiger partial charge is 0.294 e. The zero-order chi connectivity index (χ0) is 16.8. The van der Waals surface area contributed by atoms with E-state index in [2.05, 4.69) is 41.5 Å². The average Bonchev–Trinajstić information content (AvgIpc) is 2.55. The number of amides is 2. The molecule has 0 saturated carbocycles. The van der Waals surface area contributed by atoms with Crippen molar-refractivity contribution in [3.8, 4) is 11.4 Å². The average molecular weight is 378 g/mol. The molecule has 1 aromatic carbocycles. The smallest absolute Gasteiger partial charge is 0.234 e. The molecule has 2 rings (SSSR count). The van der Waals surface area contributed by atoms with E-state index in [4.69, 9.17) is 0 Å². The number of aromatic nitrogens is 3. The van der Waals surface area contributed by atoms with E-state index in [1.54, 1.807) is 13.8 Å². The Kier molecular flexibility index (Phi) is 5.75. The van der Waals surface area contributed by atoms with Crippen molar-refractivity contribution in [3.05, 3.63) is 28.7 Å². The quantitative estimate of drug-likeness (QED) is 0.834. The van der Waals surface area contributed by atoms with E-state index in [0.717, 1.165) is 10.0 Å². The minimum Gasteiger partial charge on any atom is -0.294 e. The van der Waals surface area contributed by atoms with Crippen LogP contribution in [0, 0.1) is 0 Å². The minimum absolute atomic E-state index is 0.108. The summed E-state index contributed by atoms with van der Waals surface area (Å²) in [5.41, 5.74) is 0.745. The summed E-state index contributed by atoms with van der Waals surface area (Å²) >= 11 is 3.36. The van der Waals surface area contributed by atoms with Crippen molar-refractivity contribution in [1.29, 1.82) is 0 Å². The normalized spacial score (nSPS) is 10.2. The topological polar surface area (TPSA) is 96.9 Å². The molecule has 7 nitrogen and oxygen atoms in total. The van der Waals surface area contributed by atoms with Crippen LogP contribution < -0.4 is 10.6 Å². The number of carbonyl (C=O) groups excluding carboxylic acids is 2. The molecule has 120 valence electrons. The molecule has 0 aliphatic carbocycles. The van der Waals surface area contributed by atoms with Gasteiger partial charge in [0.15, 0.2) is 5.82 Å². The lowest BCUT2D eigenvalue weighted by atomic mass is 10.2. The van der Waals surface area contributed by atoms with Crippen LogP contribution in [-0.2, 0) is 9.59 Å². The van der Waals surface area contributed by atoms with Crippen molar-refractivity contribution in [2.24, 2.45) is 0 Å². The molecule has 0 unspecified atom stereocenters. The molecule has 0 aliphatic rings. The Bertz CT molecular complexity index is 682. The van der Waals surface area contributed by atoms with Gasteiger partial charge in [0.2, 0.25) is 23.7 Å². The number of hydrogen-bond donors (Lipinski definition) is 2. The Morgan fingerprint density at radius 1 is 0.913 bits per heavy atom. The standard InChI is InChI=1S/C15H16BrN5O2/c1-3-11(22)17-14-19-13(9-5-7-10(16)8-6-9)20-15(21-14)18-12(23)4-2/h5-8H,3-4H2,1-2H3,(H2,17,18,19,20,21,22,23). The van der Waals surface area contributed by atoms with E-state index in [1.165, 1.54) is 0 Å². The monoisotopic (exact) mass is 377 g/mol. The number of benzene rings is 1. The molecular weight excluding hydrogens is 362 g/mol. The van der Waals surface area contributed by atoms with Gasteiger partial charge in [0, 0.05) is 22.9 Å². The van der Waals surface area contributed by atoms with Crippen molar-refractivity contribution < 1.29 is 9.59 Å². The summed E-state index contributed by atoms with van der Waals surface area (Å²) in [5.74, 6) is 0.147. The van der Waals surface area contributed by atoms with Gasteiger partial charge in [-0.05, 0) is 12.1 Å². The first-order valence-corrected chi connectivity index (χ1v) is 7.92. The lowest BCUT2D eigenvalue weighted by Crippen LogP contribution is -2.17. The maximum Gasteiger partial charge on any atom is 0.234 e. The highest BCUT2D eigenvalue weighted by Crippen LogP contribution is 2.20. The van der Waals surface area contributed by atoms with E-state index in [0.29, 0.717) is 18.7 Å². The summed E-state index contributed by atoms with van der Waals surface area (Å²) in [6, 6.07) is 7.37. The second kappa shape index (κ2) is 7.77. The van der Waals surface area contributed by atoms with E-state index in [1.807, 2.05) is 24.3 Å². The maximum absolute atomic E-state index is 11.6. The molecule has 2 aromatic rings. The summed E-state index contributed by atoms with van der Waals surface area (Å²) < 4.78 is 0.925. The van der Waals surface area contributed by atoms with Crippen molar-refractivity contribution >= 4 is 39.6 Å². The van der Waals surface area contributed by atoms with Crippen LogP contribution in [0.3, 0.4) is 0 Å². The van der Waals surface area contributed by atoms with E-state index in [-0.39, 0.29) is 23.7 Å². The van der Waals surface area contributed by atoms with Crippen LogP contribution in [0.1, 0.15) is 26.7 Å². The second-order valence-electron chi connectivity index (χ2n) is 4.62. The molecule has 0 saturated heterocycles. The predicted molar refractivity (Wildman–Crippen MR) is 90.8 cm³/mol. The van der Waals surface area contributed by atoms with Crippen LogP contribution in [0.4, 0.5) is 11.9 Å². The molecule has 1 aromatic heterocycles. The van der Waals surface area contributed by atoms with Crippen LogP contribution in [0.15, 0.2) is 28.7 Å². The van der Waals surface area contributed by atoms with E-state index < -0.39 is 0 Å². The first kappa shape index (κ1) is 17.0. The molecule has 2 N–H and O–H groups in total. The molecule has 1 heterocycles. The molecule has 0 bridgehead atoms. The summed E-state index contributed by atoms with van der Waals surface area (Å²) in [6.45, 7) is 3.46. The van der Waals surface area contributed by atoms with E-state index in [9.17, 15) is 9.59 Å². The number of halogens is 1. The maximum atomic E-state index is 11.6. The minimum atomic E-state index is -0.217. The molecule has 0 aliphatic heterocycles. The molecule has 2 amide bonds. The Morgan fingerprint density at radius 3 is 1.83 bits per heavy atom. The number of anilines is 2. The Balaban J connectivity index is 2.41. The lowest BCUT2D eigenvalue weighted by molar-refractivity contribution is -0.116. The third-order valence-electron chi connectivity index (χ3n) is 2.88. The first-order valence-electron chi connectivity index (χ1n) is 7.13. The van der Waals surface area contributed by atoms with Gasteiger partial charge >= 0.3 is 0 Å². The van der Waals surface area contributed by atoms with Gasteiger partial charge in [-0.15, -0.1) is 0 Å². The fraction of sp³-hybridized carbons (Fsp3) is 0.267. The zero-order valence-electron chi connectivity index (χ0n) is 12.8. The molecule has 0 atom stereocenters. The number of carbonyl (C=O) groups is 2. The fourth-order valence-corrected chi connectivity index (χ4v) is 1.91. The first-order chi connectivity index (χ1) is 11.0. The van der Waals surface area contributed by atoms with Crippen molar-refractivity contribution in [2.45, 2.75) is 26.7 Å². The van der Waals surface area contributed by atoms with Gasteiger partial charge in [0.1, 0.15) is 0 Å². The molecule has 23 heavy (non-hydrogen) atoms. The van der Waals surface area contributed by atoms with Crippen LogP contribution in [-0.4, -0.2) is 26.8 Å². The summed E-state index contributed by atoms with van der Waals surface area (Å²) in [4.78, 5) is 35.6. The van der Waals surface area contributed by atoms with Gasteiger partial charge < -0.3 is 0 Å². The summed E-state index contributed by atoms with van der Waals surface area (Å²) in [6.07, 6.45) is 0.603. The van der Waals surface area contributed by atoms with Gasteiger partial charge in [-0.3, -0.25) is 20.2 Å². The molecule has 0 fully saturated rings. The van der Waals surface area contributed by atoms with Crippen LogP contribution in [0.25, 0.3) is 11.4 Å². The summed E-state index contributed by atoms with van der Waals surface area (Å²) in [7, 11) is 0. The van der Waals surface area contributed by atoms with E-state index >= 15 is 0 Å². The fourth-order valence-electron chi connectivity index (χ4n) is 1.64. The molecule has 0 radical (unpaired) electrons. The highest BCUT2D eigenvalue weighted by atomic mass is 79.9. The van der Waals surface area contributed by atoms with Crippen molar-refractivity contribution in [2.75, 3.05) is 10.6 Å². The third-order valence-corrected chi connectivity index (χ3v) is 3.41. The number of nitrogens with one attached hydrogen (secondary N) is 2. The molecule has 8 heteroatoms. The Hall–Kier alpha value is -2.35. The summed E-state index contributed by atoms with van der Waals surface area (Å²) in [5, 5.41) is 5.17. The van der Waals surface area contributed by atoms with Gasteiger partial charge in [0.05, 0.1) is 0 Å². The zero-order valence-corrected chi connectivity index (χ0v) is 14.3. The van der Waals surface area contributed by atoms with Gasteiger partial charge in [-0.2, -0.15) is 15.0 Å². The molecule has 0 spiro atoms. The highest BCUT2D eigenvalue weighted by molar-refractivity contribution is 9.10. The van der Waals surface area contributed by atoms with Crippen molar-refractivity contribution in [3.63, 3.8) is 0 Å². The van der Waals surface area contributed by atoms with Crippen LogP contribution in [0.5, 0.6) is 0 Å². The number of hydrogen-bond acceptors (Lipinski definition) is 5. The second-order valence-corrected chi connectivity index (χ2v) is 5.53. The predicted octanol–water partition coefficient (Wildman–Crippen LogP) is 3.00. The highest BCUT2D eigenvalue weighted by Gasteiger charge is 2.12. The van der Waals surface area contributed by atoms with Gasteiger partial charge in [0.25, 0.3) is 0 Å². The Morgan fingerprint density at radius 2 is 1.39 bits per heavy atom. The third kappa shape index (κ3) is 4.82. The number of rotatable bonds is 5.